The molecule has 0 heterocycles. The third kappa shape index (κ3) is 39.1. The van der Waals surface area contributed by atoms with Gasteiger partial charge in [0.25, 0.3) is 5.91 Å². The van der Waals surface area contributed by atoms with Gasteiger partial charge in [0.15, 0.2) is 11.5 Å². The molecule has 378 valence electrons. The highest BCUT2D eigenvalue weighted by Gasteiger charge is 2.19. The second kappa shape index (κ2) is 49.3. The molecule has 1 N–H and O–H groups in total. The van der Waals surface area contributed by atoms with Crippen molar-refractivity contribution >= 4 is 5.91 Å². The van der Waals surface area contributed by atoms with Crippen molar-refractivity contribution in [3.8, 4) is 17.2 Å². The summed E-state index contributed by atoms with van der Waals surface area (Å²) in [6.07, 6.45) is 55.2. The number of rotatable bonds is 52. The van der Waals surface area contributed by atoms with Gasteiger partial charge in [-0.15, -0.1) is 0 Å². The summed E-state index contributed by atoms with van der Waals surface area (Å²) >= 11 is 0. The SMILES string of the molecule is CCCCCCCCCCCCCCCCOc1cc(C(=O)NCCN=[N+]=[N-])cc(OCCCCCCCCCCCCCCCC)c1OCCCCCCCCCCCCCCCC. The minimum atomic E-state index is -0.237. The van der Waals surface area contributed by atoms with E-state index in [1.807, 2.05) is 12.1 Å². The summed E-state index contributed by atoms with van der Waals surface area (Å²) < 4.78 is 19.5. The first kappa shape index (κ1) is 60.4. The van der Waals surface area contributed by atoms with Crippen LogP contribution in [0.25, 0.3) is 10.4 Å². The number of carbonyl (C=O) groups excluding carboxylic acids is 1. The van der Waals surface area contributed by atoms with E-state index in [9.17, 15) is 4.79 Å². The Morgan fingerprint density at radius 1 is 0.431 bits per heavy atom. The quantitative estimate of drug-likeness (QED) is 0.0304. The summed E-state index contributed by atoms with van der Waals surface area (Å²) in [6.45, 7) is 9.08. The molecule has 0 spiro atoms. The Bertz CT molecular complexity index is 1170. The molecular formula is C57H106N4O4. The molecule has 1 amide bonds. The van der Waals surface area contributed by atoms with Crippen molar-refractivity contribution in [1.29, 1.82) is 0 Å². The highest BCUT2D eigenvalue weighted by atomic mass is 16.5. The Kier molecular flexibility index (Phi) is 45.8. The van der Waals surface area contributed by atoms with Crippen molar-refractivity contribution in [2.45, 2.75) is 290 Å². The van der Waals surface area contributed by atoms with E-state index in [1.54, 1.807) is 0 Å². The van der Waals surface area contributed by atoms with Crippen LogP contribution in [0.15, 0.2) is 17.2 Å². The van der Waals surface area contributed by atoms with Crippen LogP contribution in [-0.2, 0) is 0 Å². The maximum atomic E-state index is 13.4. The molecule has 0 aliphatic rings. The maximum absolute atomic E-state index is 13.4. The minimum absolute atomic E-state index is 0.202. The van der Waals surface area contributed by atoms with Gasteiger partial charge in [0.1, 0.15) is 0 Å². The van der Waals surface area contributed by atoms with Gasteiger partial charge in [0.05, 0.1) is 19.8 Å². The molecule has 0 unspecified atom stereocenters. The highest BCUT2D eigenvalue weighted by Crippen LogP contribution is 2.40. The predicted molar refractivity (Wildman–Crippen MR) is 280 cm³/mol. The van der Waals surface area contributed by atoms with E-state index in [1.165, 1.54) is 231 Å². The zero-order chi connectivity index (χ0) is 46.8. The second-order valence-electron chi connectivity index (χ2n) is 19.3. The lowest BCUT2D eigenvalue weighted by Gasteiger charge is -2.19. The van der Waals surface area contributed by atoms with Crippen LogP contribution in [0, 0.1) is 0 Å². The minimum Gasteiger partial charge on any atom is -0.490 e. The van der Waals surface area contributed by atoms with Gasteiger partial charge in [-0.2, -0.15) is 0 Å². The van der Waals surface area contributed by atoms with Gasteiger partial charge in [-0.25, -0.2) is 0 Å². The molecule has 0 saturated carbocycles. The van der Waals surface area contributed by atoms with Crippen molar-refractivity contribution in [1.82, 2.24) is 5.32 Å². The molecule has 0 fully saturated rings. The van der Waals surface area contributed by atoms with Gasteiger partial charge in [-0.3, -0.25) is 4.79 Å². The van der Waals surface area contributed by atoms with E-state index in [2.05, 4.69) is 36.1 Å². The molecule has 0 saturated heterocycles. The van der Waals surface area contributed by atoms with E-state index in [0.29, 0.717) is 42.6 Å². The zero-order valence-corrected chi connectivity index (χ0v) is 43.4. The van der Waals surface area contributed by atoms with Crippen molar-refractivity contribution in [2.24, 2.45) is 5.11 Å². The number of hydrogen-bond acceptors (Lipinski definition) is 5. The topological polar surface area (TPSA) is 106 Å². The number of nitrogens with one attached hydrogen (secondary N) is 1. The summed E-state index contributed by atoms with van der Waals surface area (Å²) in [7, 11) is 0. The molecule has 0 aliphatic carbocycles. The van der Waals surface area contributed by atoms with E-state index in [-0.39, 0.29) is 19.0 Å². The van der Waals surface area contributed by atoms with E-state index in [0.717, 1.165) is 38.5 Å². The third-order valence-electron chi connectivity index (χ3n) is 13.1. The number of unbranched alkanes of at least 4 members (excludes halogenated alkanes) is 39. The second-order valence-corrected chi connectivity index (χ2v) is 19.3. The average Bonchev–Trinajstić information content (AvgIpc) is 3.31. The van der Waals surface area contributed by atoms with Gasteiger partial charge in [-0.1, -0.05) is 276 Å². The molecule has 1 aromatic carbocycles. The van der Waals surface area contributed by atoms with E-state index >= 15 is 0 Å². The van der Waals surface area contributed by atoms with Crippen molar-refractivity contribution in [3.05, 3.63) is 28.1 Å². The molecule has 0 aliphatic heterocycles. The molecule has 8 nitrogen and oxygen atoms in total. The first-order chi connectivity index (χ1) is 32.2. The number of amides is 1. The van der Waals surface area contributed by atoms with Crippen LogP contribution < -0.4 is 19.5 Å². The highest BCUT2D eigenvalue weighted by molar-refractivity contribution is 5.95. The molecule has 0 bridgehead atoms. The number of benzene rings is 1. The first-order valence-corrected chi connectivity index (χ1v) is 28.5. The number of azide groups is 1. The lowest BCUT2D eigenvalue weighted by Crippen LogP contribution is -2.26. The fraction of sp³-hybridized carbons (Fsp3) is 0.877. The van der Waals surface area contributed by atoms with E-state index < -0.39 is 0 Å². The largest absolute Gasteiger partial charge is 0.490 e. The normalized spacial score (nSPS) is 11.2. The van der Waals surface area contributed by atoms with Gasteiger partial charge in [0.2, 0.25) is 5.75 Å². The monoisotopic (exact) mass is 911 g/mol. The van der Waals surface area contributed by atoms with Crippen molar-refractivity contribution in [3.63, 3.8) is 0 Å². The average molecular weight is 911 g/mol. The smallest absolute Gasteiger partial charge is 0.251 e. The Balaban J connectivity index is 2.72. The number of ether oxygens (including phenoxy) is 3. The standard InChI is InChI=1S/C57H106N4O4/c1-4-7-10-13-16-19-22-25-28-31-34-37-40-43-48-63-54-51-53(57(62)59-46-47-60-61-58)52-55(64-49-44-41-38-35-32-29-26-23-20-17-14-11-8-5-2)56(54)65-50-45-42-39-36-33-30-27-24-21-18-15-12-9-6-3/h51-52H,4-50H2,1-3H3,(H,59,62). The molecule has 1 rings (SSSR count). The molecule has 1 aromatic rings. The van der Waals surface area contributed by atoms with E-state index in [4.69, 9.17) is 19.7 Å². The van der Waals surface area contributed by atoms with Crippen LogP contribution in [0.3, 0.4) is 0 Å². The van der Waals surface area contributed by atoms with Crippen LogP contribution >= 0.6 is 0 Å². The maximum Gasteiger partial charge on any atom is 0.251 e. The summed E-state index contributed by atoms with van der Waals surface area (Å²) in [4.78, 5) is 16.2. The van der Waals surface area contributed by atoms with Crippen LogP contribution in [0.5, 0.6) is 17.2 Å². The first-order valence-electron chi connectivity index (χ1n) is 28.5. The Labute approximate surface area is 402 Å². The number of hydrogen-bond donors (Lipinski definition) is 1. The predicted octanol–water partition coefficient (Wildman–Crippen LogP) is 19.3. The summed E-state index contributed by atoms with van der Waals surface area (Å²) in [6, 6.07) is 3.62. The van der Waals surface area contributed by atoms with Crippen LogP contribution in [0.4, 0.5) is 0 Å². The molecule has 8 heteroatoms. The Morgan fingerprint density at radius 3 is 0.969 bits per heavy atom. The Hall–Kier alpha value is -2.60. The summed E-state index contributed by atoms with van der Waals surface area (Å²) in [5.74, 6) is 1.56. The molecular weight excluding hydrogens is 805 g/mol. The summed E-state index contributed by atoms with van der Waals surface area (Å²) in [5.41, 5.74) is 9.19. The van der Waals surface area contributed by atoms with Gasteiger partial charge in [0, 0.05) is 23.6 Å². The van der Waals surface area contributed by atoms with Crippen molar-refractivity contribution in [2.75, 3.05) is 32.9 Å². The van der Waals surface area contributed by atoms with Crippen LogP contribution in [0.1, 0.15) is 301 Å². The fourth-order valence-corrected chi connectivity index (χ4v) is 8.86. The zero-order valence-electron chi connectivity index (χ0n) is 43.4. The molecule has 0 radical (unpaired) electrons. The lowest BCUT2D eigenvalue weighted by atomic mass is 10.0. The Morgan fingerprint density at radius 2 is 0.692 bits per heavy atom. The van der Waals surface area contributed by atoms with Crippen LogP contribution in [-0.4, -0.2) is 38.8 Å². The lowest BCUT2D eigenvalue weighted by molar-refractivity contribution is 0.0953. The summed E-state index contributed by atoms with van der Waals surface area (Å²) in [5, 5.41) is 6.48. The van der Waals surface area contributed by atoms with Gasteiger partial charge >= 0.3 is 0 Å². The third-order valence-corrected chi connectivity index (χ3v) is 13.1. The van der Waals surface area contributed by atoms with Crippen molar-refractivity contribution < 1.29 is 19.0 Å². The number of nitrogens with zero attached hydrogens (tertiary/aromatic N) is 3. The number of carbonyl (C=O) groups is 1. The molecule has 65 heavy (non-hydrogen) atoms. The van der Waals surface area contributed by atoms with Gasteiger partial charge < -0.3 is 19.5 Å². The van der Waals surface area contributed by atoms with Gasteiger partial charge in [-0.05, 0) is 36.9 Å². The fourth-order valence-electron chi connectivity index (χ4n) is 8.86. The molecule has 0 aromatic heterocycles. The van der Waals surface area contributed by atoms with Crippen LogP contribution in [0.2, 0.25) is 0 Å². The molecule has 0 atom stereocenters.